The predicted molar refractivity (Wildman–Crippen MR) is 76.2 cm³/mol. The molecule has 0 spiro atoms. The third kappa shape index (κ3) is 3.10. The first-order chi connectivity index (χ1) is 8.97. The van der Waals surface area contributed by atoms with Crippen molar-refractivity contribution < 1.29 is 5.11 Å². The van der Waals surface area contributed by atoms with Crippen LogP contribution in [0.25, 0.3) is 0 Å². The van der Waals surface area contributed by atoms with Crippen LogP contribution in [0.4, 0.5) is 5.69 Å². The lowest BCUT2D eigenvalue weighted by atomic mass is 10.2. The topological polar surface area (TPSA) is 82.5 Å². The summed E-state index contributed by atoms with van der Waals surface area (Å²) >= 11 is 6.38. The Balaban J connectivity index is 2.54. The van der Waals surface area contributed by atoms with Gasteiger partial charge in [-0.3, -0.25) is 19.6 Å². The van der Waals surface area contributed by atoms with E-state index in [1.165, 1.54) is 0 Å². The summed E-state index contributed by atoms with van der Waals surface area (Å²) in [5.74, 6) is 0. The summed E-state index contributed by atoms with van der Waals surface area (Å²) in [7, 11) is 0. The van der Waals surface area contributed by atoms with Crippen molar-refractivity contribution in [2.24, 2.45) is 4.99 Å². The molecule has 5 nitrogen and oxygen atoms in total. The van der Waals surface area contributed by atoms with Crippen LogP contribution in [0, 0.1) is 0 Å². The maximum Gasteiger partial charge on any atom is 0.310 e. The summed E-state index contributed by atoms with van der Waals surface area (Å²) in [6, 6.07) is 6.77. The molecule has 0 bridgehead atoms. The van der Waals surface area contributed by atoms with Crippen molar-refractivity contribution >= 4 is 34.3 Å². The molecule has 0 aliphatic carbocycles. The van der Waals surface area contributed by atoms with E-state index in [2.05, 4.69) is 9.98 Å². The average Bonchev–Trinajstić information content (AvgIpc) is 2.27. The molecule has 1 aromatic carbocycles. The smallest absolute Gasteiger partial charge is 0.310 e. The van der Waals surface area contributed by atoms with E-state index in [-0.39, 0.29) is 10.6 Å². The molecule has 98 valence electrons. The van der Waals surface area contributed by atoms with Gasteiger partial charge in [0.2, 0.25) is 0 Å². The standard InChI is InChI=1S/C12H9ClN2O3S/c1-6(14-8-4-2-3-7(13)5-8)9-10(16)15-12(18)19-11(9)17/h2-5,17H,1H3,(H,15,16,18). The van der Waals surface area contributed by atoms with Gasteiger partial charge < -0.3 is 5.11 Å². The molecule has 0 unspecified atom stereocenters. The van der Waals surface area contributed by atoms with E-state index in [9.17, 15) is 14.7 Å². The van der Waals surface area contributed by atoms with Crippen molar-refractivity contribution in [1.82, 2.24) is 4.98 Å². The van der Waals surface area contributed by atoms with Gasteiger partial charge in [-0.15, -0.1) is 0 Å². The second-order valence-electron chi connectivity index (χ2n) is 3.70. The third-order valence-electron chi connectivity index (χ3n) is 2.31. The Bertz CT molecular complexity index is 764. The predicted octanol–water partition coefficient (Wildman–Crippen LogP) is 2.30. The van der Waals surface area contributed by atoms with Gasteiger partial charge in [0.05, 0.1) is 11.4 Å². The van der Waals surface area contributed by atoms with Gasteiger partial charge >= 0.3 is 4.87 Å². The maximum absolute atomic E-state index is 11.6. The number of aromatic nitrogens is 1. The number of rotatable bonds is 2. The molecule has 0 saturated heterocycles. The average molecular weight is 297 g/mol. The number of halogens is 1. The number of H-pyrrole nitrogens is 1. The zero-order chi connectivity index (χ0) is 14.0. The summed E-state index contributed by atoms with van der Waals surface area (Å²) in [5, 5.41) is 9.84. The number of aromatic amines is 1. The zero-order valence-electron chi connectivity index (χ0n) is 9.81. The molecule has 0 amide bonds. The van der Waals surface area contributed by atoms with Crippen LogP contribution in [-0.2, 0) is 0 Å². The fourth-order valence-electron chi connectivity index (χ4n) is 1.53. The first-order valence-electron chi connectivity index (χ1n) is 5.25. The Morgan fingerprint density at radius 2 is 2.16 bits per heavy atom. The highest BCUT2D eigenvalue weighted by atomic mass is 35.5. The van der Waals surface area contributed by atoms with Gasteiger partial charge in [0, 0.05) is 5.02 Å². The third-order valence-corrected chi connectivity index (χ3v) is 3.23. The molecule has 1 heterocycles. The second kappa shape index (κ2) is 5.38. The SMILES string of the molecule is CC(=Nc1cccc(Cl)c1)c1c(O)sc(=O)[nH]c1=O. The van der Waals surface area contributed by atoms with Crippen molar-refractivity contribution in [2.75, 3.05) is 0 Å². The highest BCUT2D eigenvalue weighted by molar-refractivity contribution is 7.11. The van der Waals surface area contributed by atoms with Gasteiger partial charge in [-0.25, -0.2) is 0 Å². The molecular formula is C12H9ClN2O3S. The van der Waals surface area contributed by atoms with Crippen molar-refractivity contribution in [2.45, 2.75) is 6.92 Å². The van der Waals surface area contributed by atoms with Gasteiger partial charge in [-0.1, -0.05) is 17.7 Å². The summed E-state index contributed by atoms with van der Waals surface area (Å²) in [6.45, 7) is 1.57. The van der Waals surface area contributed by atoms with Crippen molar-refractivity contribution in [3.63, 3.8) is 0 Å². The fraction of sp³-hybridized carbons (Fsp3) is 0.0833. The summed E-state index contributed by atoms with van der Waals surface area (Å²) in [6.07, 6.45) is 0. The van der Waals surface area contributed by atoms with Crippen LogP contribution in [0.1, 0.15) is 12.5 Å². The lowest BCUT2D eigenvalue weighted by Crippen LogP contribution is -2.22. The summed E-state index contributed by atoms with van der Waals surface area (Å²) in [4.78, 5) is 28.4. The van der Waals surface area contributed by atoms with E-state index in [1.54, 1.807) is 31.2 Å². The van der Waals surface area contributed by atoms with E-state index >= 15 is 0 Å². The summed E-state index contributed by atoms with van der Waals surface area (Å²) in [5.41, 5.74) is 0.186. The minimum Gasteiger partial charge on any atom is -0.499 e. The largest absolute Gasteiger partial charge is 0.499 e. The van der Waals surface area contributed by atoms with E-state index in [4.69, 9.17) is 11.6 Å². The molecule has 0 saturated carbocycles. The van der Waals surface area contributed by atoms with Crippen LogP contribution in [0.2, 0.25) is 5.02 Å². The molecule has 0 aliphatic rings. The number of aliphatic imine (C=N–C) groups is 1. The highest BCUT2D eigenvalue weighted by Crippen LogP contribution is 2.21. The second-order valence-corrected chi connectivity index (χ2v) is 5.10. The van der Waals surface area contributed by atoms with E-state index in [0.717, 1.165) is 0 Å². The van der Waals surface area contributed by atoms with Crippen LogP contribution in [-0.4, -0.2) is 15.8 Å². The molecule has 0 atom stereocenters. The molecule has 2 N–H and O–H groups in total. The number of benzene rings is 1. The Kier molecular flexibility index (Phi) is 3.82. The van der Waals surface area contributed by atoms with Crippen LogP contribution >= 0.6 is 22.9 Å². The number of nitrogens with one attached hydrogen (secondary N) is 1. The molecule has 7 heteroatoms. The van der Waals surface area contributed by atoms with Gasteiger partial charge in [-0.05, 0) is 36.5 Å². The highest BCUT2D eigenvalue weighted by Gasteiger charge is 2.12. The molecule has 19 heavy (non-hydrogen) atoms. The van der Waals surface area contributed by atoms with E-state index in [0.29, 0.717) is 27.8 Å². The zero-order valence-corrected chi connectivity index (χ0v) is 11.4. The number of hydrogen-bond acceptors (Lipinski definition) is 5. The minimum absolute atomic E-state index is 0.00965. The molecule has 0 fully saturated rings. The quantitative estimate of drug-likeness (QED) is 0.834. The number of aromatic hydroxyl groups is 1. The van der Waals surface area contributed by atoms with Gasteiger partial charge in [0.15, 0.2) is 5.06 Å². The van der Waals surface area contributed by atoms with Crippen LogP contribution in [0.5, 0.6) is 5.06 Å². The Labute approximate surface area is 116 Å². The van der Waals surface area contributed by atoms with Crippen LogP contribution in [0.15, 0.2) is 38.8 Å². The van der Waals surface area contributed by atoms with Crippen molar-refractivity contribution in [1.29, 1.82) is 0 Å². The Morgan fingerprint density at radius 1 is 1.42 bits per heavy atom. The first-order valence-corrected chi connectivity index (χ1v) is 6.44. The van der Waals surface area contributed by atoms with Gasteiger partial charge in [0.25, 0.3) is 5.56 Å². The molecule has 2 aromatic rings. The molecule has 0 aliphatic heterocycles. The monoisotopic (exact) mass is 296 g/mol. The normalized spacial score (nSPS) is 11.6. The van der Waals surface area contributed by atoms with Crippen LogP contribution in [0.3, 0.4) is 0 Å². The van der Waals surface area contributed by atoms with E-state index in [1.807, 2.05) is 0 Å². The van der Waals surface area contributed by atoms with Crippen LogP contribution < -0.4 is 10.4 Å². The van der Waals surface area contributed by atoms with E-state index < -0.39 is 10.4 Å². The first kappa shape index (κ1) is 13.5. The summed E-state index contributed by atoms with van der Waals surface area (Å²) < 4.78 is 0. The minimum atomic E-state index is -0.662. The molecule has 2 rings (SSSR count). The van der Waals surface area contributed by atoms with Crippen molar-refractivity contribution in [3.05, 3.63) is 54.9 Å². The lowest BCUT2D eigenvalue weighted by molar-refractivity contribution is 0.487. The molecule has 0 radical (unpaired) electrons. The fourth-order valence-corrected chi connectivity index (χ4v) is 2.38. The number of hydrogen-bond donors (Lipinski definition) is 2. The number of nitrogens with zero attached hydrogens (tertiary/aromatic N) is 1. The molecule has 1 aromatic heterocycles. The Morgan fingerprint density at radius 3 is 2.79 bits per heavy atom. The van der Waals surface area contributed by atoms with Gasteiger partial charge in [-0.2, -0.15) is 0 Å². The molecular weight excluding hydrogens is 288 g/mol. The van der Waals surface area contributed by atoms with Crippen molar-refractivity contribution in [3.8, 4) is 5.06 Å². The maximum atomic E-state index is 11.6. The Hall–Kier alpha value is -1.92. The van der Waals surface area contributed by atoms with Gasteiger partial charge in [0.1, 0.15) is 5.56 Å². The lowest BCUT2D eigenvalue weighted by Gasteiger charge is -2.02.